The van der Waals surface area contributed by atoms with Gasteiger partial charge in [-0.3, -0.25) is 14.5 Å². The van der Waals surface area contributed by atoms with Crippen LogP contribution < -0.4 is 5.32 Å². The van der Waals surface area contributed by atoms with E-state index in [1.165, 1.54) is 0 Å². The van der Waals surface area contributed by atoms with Crippen LogP contribution in [0.3, 0.4) is 0 Å². The summed E-state index contributed by atoms with van der Waals surface area (Å²) in [5, 5.41) is 11.8. The highest BCUT2D eigenvalue weighted by Gasteiger charge is 2.31. The molecule has 0 bridgehead atoms. The molecule has 1 unspecified atom stereocenters. The number of amides is 2. The number of carboxylic acids is 1. The number of carbonyl (C=O) groups is 3. The van der Waals surface area contributed by atoms with Crippen molar-refractivity contribution >= 4 is 18.0 Å². The first-order valence-corrected chi connectivity index (χ1v) is 11.2. The molecule has 2 aromatic carbocycles. The Morgan fingerprint density at radius 2 is 1.52 bits per heavy atom. The highest BCUT2D eigenvalue weighted by atomic mass is 16.5. The van der Waals surface area contributed by atoms with Crippen LogP contribution in [0.15, 0.2) is 48.5 Å². The average molecular weight is 452 g/mol. The minimum atomic E-state index is -0.875. The summed E-state index contributed by atoms with van der Waals surface area (Å²) in [7, 11) is 0. The molecule has 1 fully saturated rings. The molecule has 8 nitrogen and oxygen atoms in total. The van der Waals surface area contributed by atoms with E-state index < -0.39 is 24.1 Å². The third-order valence-corrected chi connectivity index (χ3v) is 6.58. The molecule has 4 rings (SSSR count). The fraction of sp³-hybridized carbons (Fsp3) is 0.400. The van der Waals surface area contributed by atoms with Gasteiger partial charge in [-0.25, -0.2) is 4.79 Å². The summed E-state index contributed by atoms with van der Waals surface area (Å²) in [6.07, 6.45) is -0.629. The lowest BCUT2D eigenvalue weighted by molar-refractivity contribution is -0.144. The van der Waals surface area contributed by atoms with Crippen LogP contribution in [-0.2, 0) is 14.3 Å². The molecule has 2 aliphatic rings. The number of alkyl carbamates (subject to hydrolysis) is 1. The van der Waals surface area contributed by atoms with Crippen LogP contribution in [-0.4, -0.2) is 77.7 Å². The topological polar surface area (TPSA) is 99.2 Å². The zero-order valence-electron chi connectivity index (χ0n) is 18.9. The van der Waals surface area contributed by atoms with Crippen LogP contribution >= 0.6 is 0 Å². The van der Waals surface area contributed by atoms with Crippen LogP contribution in [0.5, 0.6) is 0 Å². The lowest BCUT2D eigenvalue weighted by Crippen LogP contribution is -2.56. The first kappa shape index (κ1) is 22.8. The minimum absolute atomic E-state index is 0.0431. The third kappa shape index (κ3) is 4.71. The average Bonchev–Trinajstić information content (AvgIpc) is 3.15. The molecule has 0 radical (unpaired) electrons. The van der Waals surface area contributed by atoms with Gasteiger partial charge in [0, 0.05) is 32.1 Å². The van der Waals surface area contributed by atoms with Crippen molar-refractivity contribution in [3.8, 4) is 11.1 Å². The maximum absolute atomic E-state index is 12.8. The maximum Gasteiger partial charge on any atom is 0.407 e. The van der Waals surface area contributed by atoms with Gasteiger partial charge in [0.05, 0.1) is 0 Å². The molecule has 8 heteroatoms. The van der Waals surface area contributed by atoms with Gasteiger partial charge in [-0.1, -0.05) is 48.5 Å². The number of ether oxygens (including phenoxy) is 1. The van der Waals surface area contributed by atoms with Crippen molar-refractivity contribution < 1.29 is 24.2 Å². The highest BCUT2D eigenvalue weighted by Crippen LogP contribution is 2.44. The zero-order valence-corrected chi connectivity index (χ0v) is 18.9. The summed E-state index contributed by atoms with van der Waals surface area (Å²) in [5.74, 6) is -1.12. The number of hydrogen-bond donors (Lipinski definition) is 2. The number of nitrogens with zero attached hydrogens (tertiary/aromatic N) is 2. The number of carboxylic acid groups (broad SMARTS) is 1. The number of benzene rings is 2. The molecule has 0 spiro atoms. The van der Waals surface area contributed by atoms with Gasteiger partial charge in [-0.05, 0) is 36.1 Å². The highest BCUT2D eigenvalue weighted by molar-refractivity contribution is 5.85. The second-order valence-corrected chi connectivity index (χ2v) is 8.57. The molecule has 2 atom stereocenters. The number of carbonyl (C=O) groups excluding carboxylic acids is 2. The molecule has 2 N–H and O–H groups in total. The molecule has 1 heterocycles. The molecule has 1 aliphatic heterocycles. The summed E-state index contributed by atoms with van der Waals surface area (Å²) >= 11 is 0. The summed E-state index contributed by atoms with van der Waals surface area (Å²) < 4.78 is 5.53. The Balaban J connectivity index is 1.30. The zero-order chi connectivity index (χ0) is 23.5. The molecule has 174 valence electrons. The third-order valence-electron chi connectivity index (χ3n) is 6.58. The van der Waals surface area contributed by atoms with Crippen molar-refractivity contribution in [2.24, 2.45) is 0 Å². The van der Waals surface area contributed by atoms with Crippen molar-refractivity contribution in [3.05, 3.63) is 59.7 Å². The largest absolute Gasteiger partial charge is 0.480 e. The summed E-state index contributed by atoms with van der Waals surface area (Å²) in [4.78, 5) is 39.8. The van der Waals surface area contributed by atoms with Crippen LogP contribution in [0.1, 0.15) is 30.9 Å². The van der Waals surface area contributed by atoms with Crippen molar-refractivity contribution in [1.82, 2.24) is 15.1 Å². The van der Waals surface area contributed by atoms with E-state index in [1.807, 2.05) is 29.2 Å². The van der Waals surface area contributed by atoms with Crippen molar-refractivity contribution in [3.63, 3.8) is 0 Å². The Kier molecular flexibility index (Phi) is 6.65. The fourth-order valence-corrected chi connectivity index (χ4v) is 4.64. The number of rotatable bonds is 6. The van der Waals surface area contributed by atoms with E-state index in [-0.39, 0.29) is 18.4 Å². The molecule has 0 saturated carbocycles. The van der Waals surface area contributed by atoms with E-state index in [0.717, 1.165) is 22.3 Å². The molecule has 1 saturated heterocycles. The van der Waals surface area contributed by atoms with Gasteiger partial charge in [-0.2, -0.15) is 0 Å². The second kappa shape index (κ2) is 9.62. The van der Waals surface area contributed by atoms with E-state index in [2.05, 4.69) is 29.6 Å². The summed E-state index contributed by atoms with van der Waals surface area (Å²) in [6, 6.07) is 14.9. The number of nitrogens with one attached hydrogen (secondary N) is 1. The minimum Gasteiger partial charge on any atom is -0.480 e. The van der Waals surface area contributed by atoms with Gasteiger partial charge in [0.25, 0.3) is 0 Å². The molecule has 2 aromatic rings. The molecule has 0 aromatic heterocycles. The quantitative estimate of drug-likeness (QED) is 0.700. The van der Waals surface area contributed by atoms with E-state index in [9.17, 15) is 14.4 Å². The molecule has 33 heavy (non-hydrogen) atoms. The van der Waals surface area contributed by atoms with Gasteiger partial charge in [-0.15, -0.1) is 0 Å². The first-order chi connectivity index (χ1) is 15.9. The predicted octanol–water partition coefficient (Wildman–Crippen LogP) is 2.53. The molecule has 1 aliphatic carbocycles. The van der Waals surface area contributed by atoms with Crippen LogP contribution in [0.25, 0.3) is 11.1 Å². The van der Waals surface area contributed by atoms with Crippen LogP contribution in [0.2, 0.25) is 0 Å². The van der Waals surface area contributed by atoms with Crippen molar-refractivity contribution in [2.45, 2.75) is 31.8 Å². The number of fused-ring (bicyclic) bond motifs is 3. The summed E-state index contributed by atoms with van der Waals surface area (Å²) in [6.45, 7) is 5.28. The first-order valence-electron chi connectivity index (χ1n) is 11.2. The standard InChI is InChI=1S/C25H29N3O5/c1-16(23(29)28-13-11-27(12-14-28)17(2)24(30)31)26-25(32)33-15-22-20-9-5-3-7-18(20)19-8-4-6-10-21(19)22/h3-10,16-17,22H,11-15H2,1-2H3,(H,26,32)(H,30,31)/t16-,17?/m0/s1. The van der Waals surface area contributed by atoms with Gasteiger partial charge in [0.1, 0.15) is 18.7 Å². The Bertz CT molecular complexity index is 1000. The van der Waals surface area contributed by atoms with Crippen LogP contribution in [0, 0.1) is 0 Å². The Morgan fingerprint density at radius 1 is 0.970 bits per heavy atom. The Morgan fingerprint density at radius 3 is 2.06 bits per heavy atom. The normalized spacial score (nSPS) is 17.6. The predicted molar refractivity (Wildman–Crippen MR) is 123 cm³/mol. The number of aliphatic carboxylic acids is 1. The van der Waals surface area contributed by atoms with E-state index in [4.69, 9.17) is 9.84 Å². The van der Waals surface area contributed by atoms with E-state index >= 15 is 0 Å². The number of hydrogen-bond acceptors (Lipinski definition) is 5. The van der Waals surface area contributed by atoms with Gasteiger partial charge in [0.15, 0.2) is 0 Å². The van der Waals surface area contributed by atoms with E-state index in [0.29, 0.717) is 26.2 Å². The molecular weight excluding hydrogens is 422 g/mol. The lowest BCUT2D eigenvalue weighted by atomic mass is 9.98. The van der Waals surface area contributed by atoms with E-state index in [1.54, 1.807) is 18.7 Å². The van der Waals surface area contributed by atoms with Crippen molar-refractivity contribution in [2.75, 3.05) is 32.8 Å². The lowest BCUT2D eigenvalue weighted by Gasteiger charge is -2.37. The van der Waals surface area contributed by atoms with Crippen LogP contribution in [0.4, 0.5) is 4.79 Å². The smallest absolute Gasteiger partial charge is 0.407 e. The number of piperazine rings is 1. The second-order valence-electron chi connectivity index (χ2n) is 8.57. The Labute approximate surface area is 193 Å². The van der Waals surface area contributed by atoms with Crippen molar-refractivity contribution in [1.29, 1.82) is 0 Å². The van der Waals surface area contributed by atoms with Gasteiger partial charge < -0.3 is 20.1 Å². The summed E-state index contributed by atoms with van der Waals surface area (Å²) in [5.41, 5.74) is 4.57. The SMILES string of the molecule is CC(C(=O)O)N1CCN(C(=O)[C@H](C)NC(=O)OCC2c3ccccc3-c3ccccc32)CC1. The van der Waals surface area contributed by atoms with Gasteiger partial charge in [0.2, 0.25) is 5.91 Å². The molecule has 2 amide bonds. The maximum atomic E-state index is 12.8. The van der Waals surface area contributed by atoms with Gasteiger partial charge >= 0.3 is 12.1 Å². The Hall–Kier alpha value is -3.39. The fourth-order valence-electron chi connectivity index (χ4n) is 4.64. The molecular formula is C25H29N3O5. The monoisotopic (exact) mass is 451 g/mol.